The molecule has 0 bridgehead atoms. The molecule has 5 aromatic rings. The summed E-state index contributed by atoms with van der Waals surface area (Å²) in [5.74, 6) is -0.395. The van der Waals surface area contributed by atoms with Crippen LogP contribution in [0.15, 0.2) is 88.3 Å². The highest BCUT2D eigenvalue weighted by Gasteiger charge is 2.17. The lowest BCUT2D eigenvalue weighted by molar-refractivity contribution is 0.432. The van der Waals surface area contributed by atoms with Crippen molar-refractivity contribution >= 4 is 10.8 Å². The van der Waals surface area contributed by atoms with Gasteiger partial charge in [0.15, 0.2) is 0 Å². The Balaban J connectivity index is 1.72. The van der Waals surface area contributed by atoms with Gasteiger partial charge in [0.1, 0.15) is 11.6 Å². The van der Waals surface area contributed by atoms with Gasteiger partial charge in [-0.15, -0.1) is 0 Å². The lowest BCUT2D eigenvalue weighted by Gasteiger charge is -2.10. The van der Waals surface area contributed by atoms with E-state index in [4.69, 9.17) is 4.52 Å². The maximum Gasteiger partial charge on any atom is 0.262 e. The van der Waals surface area contributed by atoms with Crippen LogP contribution < -0.4 is 5.56 Å². The van der Waals surface area contributed by atoms with Gasteiger partial charge in [-0.05, 0) is 42.5 Å². The van der Waals surface area contributed by atoms with Gasteiger partial charge in [0.05, 0.1) is 5.56 Å². The Morgan fingerprint density at radius 1 is 0.833 bits per heavy atom. The third kappa shape index (κ3) is 3.06. The van der Waals surface area contributed by atoms with Gasteiger partial charge in [0, 0.05) is 28.2 Å². The summed E-state index contributed by atoms with van der Waals surface area (Å²) in [6.07, 6.45) is 1.58. The van der Waals surface area contributed by atoms with Crippen LogP contribution in [0.3, 0.4) is 0 Å². The van der Waals surface area contributed by atoms with Crippen molar-refractivity contribution < 1.29 is 13.3 Å². The molecule has 2 aromatic heterocycles. The van der Waals surface area contributed by atoms with Gasteiger partial charge in [0.2, 0.25) is 5.82 Å². The Morgan fingerprint density at radius 2 is 1.60 bits per heavy atom. The van der Waals surface area contributed by atoms with E-state index >= 15 is 0 Å². The van der Waals surface area contributed by atoms with Crippen molar-refractivity contribution in [2.24, 2.45) is 0 Å². The fourth-order valence-corrected chi connectivity index (χ4v) is 3.33. The predicted molar refractivity (Wildman–Crippen MR) is 108 cm³/mol. The molecule has 0 saturated carbocycles. The zero-order valence-electron chi connectivity index (χ0n) is 15.4. The van der Waals surface area contributed by atoms with Crippen molar-refractivity contribution in [3.05, 3.63) is 101 Å². The number of aromatic nitrogens is 3. The van der Waals surface area contributed by atoms with Crippen molar-refractivity contribution in [2.45, 2.75) is 0 Å². The van der Waals surface area contributed by atoms with E-state index in [9.17, 15) is 13.6 Å². The van der Waals surface area contributed by atoms with Gasteiger partial charge in [-0.25, -0.2) is 8.78 Å². The van der Waals surface area contributed by atoms with E-state index in [1.165, 1.54) is 41.0 Å². The Morgan fingerprint density at radius 3 is 2.37 bits per heavy atom. The molecule has 0 spiro atoms. The summed E-state index contributed by atoms with van der Waals surface area (Å²) in [7, 11) is 0. The molecule has 0 radical (unpaired) electrons. The topological polar surface area (TPSA) is 60.9 Å². The third-order valence-corrected chi connectivity index (χ3v) is 4.77. The van der Waals surface area contributed by atoms with Crippen LogP contribution in [-0.2, 0) is 0 Å². The Hall–Kier alpha value is -4.13. The third-order valence-electron chi connectivity index (χ3n) is 4.77. The zero-order chi connectivity index (χ0) is 20.7. The highest BCUT2D eigenvalue weighted by Crippen LogP contribution is 2.28. The molecule has 2 heterocycles. The largest absolute Gasteiger partial charge is 0.334 e. The molecule has 30 heavy (non-hydrogen) atoms. The standard InChI is InChI=1S/C23H13F2N3O2/c24-15-8-10-17(11-9-15)28-13-20(18-6-1-2-7-19(18)23(28)29)22-26-21(27-30-22)14-4-3-5-16(25)12-14/h1-13H. The molecule has 0 N–H and O–H groups in total. The summed E-state index contributed by atoms with van der Waals surface area (Å²) in [5.41, 5.74) is 1.25. The molecule has 0 aliphatic carbocycles. The van der Waals surface area contributed by atoms with Gasteiger partial charge in [0.25, 0.3) is 11.4 Å². The Labute approximate surface area is 168 Å². The highest BCUT2D eigenvalue weighted by atomic mass is 19.1. The molecular weight excluding hydrogens is 388 g/mol. The van der Waals surface area contributed by atoms with Crippen LogP contribution in [-0.4, -0.2) is 14.7 Å². The highest BCUT2D eigenvalue weighted by molar-refractivity contribution is 5.94. The van der Waals surface area contributed by atoms with Crippen molar-refractivity contribution in [3.63, 3.8) is 0 Å². The average Bonchev–Trinajstić information content (AvgIpc) is 3.25. The van der Waals surface area contributed by atoms with Crippen molar-refractivity contribution in [1.82, 2.24) is 14.7 Å². The van der Waals surface area contributed by atoms with E-state index < -0.39 is 11.6 Å². The SMILES string of the molecule is O=c1c2ccccc2c(-c2nc(-c3cccc(F)c3)no2)cn1-c1ccc(F)cc1. The van der Waals surface area contributed by atoms with E-state index in [2.05, 4.69) is 10.1 Å². The first-order chi connectivity index (χ1) is 14.6. The number of rotatable bonds is 3. The summed E-state index contributed by atoms with van der Waals surface area (Å²) in [6.45, 7) is 0. The van der Waals surface area contributed by atoms with Crippen molar-refractivity contribution in [3.8, 4) is 28.5 Å². The molecule has 0 saturated heterocycles. The van der Waals surface area contributed by atoms with Crippen LogP contribution in [0.4, 0.5) is 8.78 Å². The maximum atomic E-state index is 13.6. The number of benzene rings is 3. The fourth-order valence-electron chi connectivity index (χ4n) is 3.33. The number of halogens is 2. The summed E-state index contributed by atoms with van der Waals surface area (Å²) in [6, 6.07) is 18.5. The normalized spacial score (nSPS) is 11.1. The van der Waals surface area contributed by atoms with Crippen molar-refractivity contribution in [2.75, 3.05) is 0 Å². The summed E-state index contributed by atoms with van der Waals surface area (Å²) >= 11 is 0. The van der Waals surface area contributed by atoms with E-state index in [1.807, 2.05) is 0 Å². The molecule has 0 amide bonds. The molecule has 0 fully saturated rings. The zero-order valence-corrected chi connectivity index (χ0v) is 15.4. The lowest BCUT2D eigenvalue weighted by atomic mass is 10.1. The van der Waals surface area contributed by atoms with Gasteiger partial charge in [-0.2, -0.15) is 4.98 Å². The minimum absolute atomic E-state index is 0.182. The summed E-state index contributed by atoms with van der Waals surface area (Å²) in [4.78, 5) is 17.4. The van der Waals surface area contributed by atoms with Gasteiger partial charge < -0.3 is 4.52 Å². The average molecular weight is 401 g/mol. The first kappa shape index (κ1) is 17.9. The van der Waals surface area contributed by atoms with Crippen LogP contribution in [0, 0.1) is 11.6 Å². The second kappa shape index (κ2) is 7.04. The van der Waals surface area contributed by atoms with Crippen LogP contribution >= 0.6 is 0 Å². The second-order valence-corrected chi connectivity index (χ2v) is 6.67. The molecule has 3 aromatic carbocycles. The first-order valence-corrected chi connectivity index (χ1v) is 9.10. The minimum Gasteiger partial charge on any atom is -0.334 e. The van der Waals surface area contributed by atoms with Gasteiger partial charge in [-0.1, -0.05) is 35.5 Å². The van der Waals surface area contributed by atoms with Crippen molar-refractivity contribution in [1.29, 1.82) is 0 Å². The first-order valence-electron chi connectivity index (χ1n) is 9.10. The quantitative estimate of drug-likeness (QED) is 0.428. The second-order valence-electron chi connectivity index (χ2n) is 6.67. The van der Waals surface area contributed by atoms with E-state index in [1.54, 1.807) is 42.6 Å². The fraction of sp³-hybridized carbons (Fsp3) is 0. The van der Waals surface area contributed by atoms with Crippen LogP contribution in [0.25, 0.3) is 39.3 Å². The minimum atomic E-state index is -0.408. The lowest BCUT2D eigenvalue weighted by Crippen LogP contribution is -2.18. The number of hydrogen-bond acceptors (Lipinski definition) is 4. The molecule has 5 rings (SSSR count). The van der Waals surface area contributed by atoms with E-state index in [-0.39, 0.29) is 17.3 Å². The van der Waals surface area contributed by atoms with Crippen LogP contribution in [0.5, 0.6) is 0 Å². The molecule has 5 nitrogen and oxygen atoms in total. The van der Waals surface area contributed by atoms with Crippen LogP contribution in [0.1, 0.15) is 0 Å². The number of hydrogen-bond donors (Lipinski definition) is 0. The molecule has 0 aliphatic rings. The van der Waals surface area contributed by atoms with E-state index in [0.29, 0.717) is 27.6 Å². The number of pyridine rings is 1. The monoisotopic (exact) mass is 401 g/mol. The molecule has 146 valence electrons. The Kier molecular flexibility index (Phi) is 4.21. The molecule has 7 heteroatoms. The molecular formula is C23H13F2N3O2. The number of nitrogens with zero attached hydrogens (tertiary/aromatic N) is 3. The smallest absolute Gasteiger partial charge is 0.262 e. The van der Waals surface area contributed by atoms with Crippen LogP contribution in [0.2, 0.25) is 0 Å². The van der Waals surface area contributed by atoms with Gasteiger partial charge in [-0.3, -0.25) is 9.36 Å². The van der Waals surface area contributed by atoms with E-state index in [0.717, 1.165) is 0 Å². The predicted octanol–water partition coefficient (Wildman–Crippen LogP) is 4.99. The van der Waals surface area contributed by atoms with Gasteiger partial charge >= 0.3 is 0 Å². The molecule has 0 atom stereocenters. The summed E-state index contributed by atoms with van der Waals surface area (Å²) < 4.78 is 33.7. The molecule has 0 aliphatic heterocycles. The molecule has 0 unspecified atom stereocenters. The maximum absolute atomic E-state index is 13.6. The number of fused-ring (bicyclic) bond motifs is 1. The summed E-state index contributed by atoms with van der Waals surface area (Å²) in [5, 5.41) is 5.04. The Bertz CT molecular complexity index is 1440.